The van der Waals surface area contributed by atoms with Crippen molar-refractivity contribution in [3.05, 3.63) is 113 Å². The Morgan fingerprint density at radius 1 is 1.03 bits per heavy atom. The summed E-state index contributed by atoms with van der Waals surface area (Å²) in [4.78, 5) is 13.9. The zero-order chi connectivity index (χ0) is 27.0. The minimum atomic E-state index is -3.96. The second-order valence-corrected chi connectivity index (χ2v) is 11.5. The molecule has 2 aliphatic rings. The smallest absolute Gasteiger partial charge is 0.274 e. The molecule has 0 saturated heterocycles. The molecule has 1 aliphatic carbocycles. The molecule has 6 rings (SSSR count). The molecule has 2 aromatic carbocycles. The average molecular weight is 562 g/mol. The summed E-state index contributed by atoms with van der Waals surface area (Å²) < 4.78 is 40.0. The molecule has 0 unspecified atom stereocenters. The number of furan rings is 2. The number of carbonyl (C=O) groups excluding carboxylic acids is 1. The van der Waals surface area contributed by atoms with Crippen molar-refractivity contribution in [2.75, 3.05) is 4.72 Å². The minimum Gasteiger partial charge on any atom is -0.467 e. The van der Waals surface area contributed by atoms with Gasteiger partial charge in [0.1, 0.15) is 17.6 Å². The van der Waals surface area contributed by atoms with E-state index in [9.17, 15) is 13.2 Å². The predicted octanol–water partition coefficient (Wildman–Crippen LogP) is 6.76. The van der Waals surface area contributed by atoms with Gasteiger partial charge in [-0.3, -0.25) is 9.52 Å². The van der Waals surface area contributed by atoms with Crippen molar-refractivity contribution in [1.29, 1.82) is 0 Å². The Kier molecular flexibility index (Phi) is 6.62. The van der Waals surface area contributed by atoms with Crippen LogP contribution in [-0.4, -0.2) is 25.0 Å². The Hall–Kier alpha value is -4.08. The Morgan fingerprint density at radius 3 is 2.56 bits per heavy atom. The highest BCUT2D eigenvalue weighted by Gasteiger charge is 2.45. The van der Waals surface area contributed by atoms with Crippen molar-refractivity contribution in [2.45, 2.75) is 30.2 Å². The van der Waals surface area contributed by atoms with E-state index in [0.717, 1.165) is 36.3 Å². The van der Waals surface area contributed by atoms with Crippen molar-refractivity contribution in [3.8, 4) is 0 Å². The zero-order valence-corrected chi connectivity index (χ0v) is 22.2. The second-order valence-electron chi connectivity index (χ2n) is 9.42. The fourth-order valence-corrected chi connectivity index (χ4v) is 6.34. The van der Waals surface area contributed by atoms with Crippen molar-refractivity contribution < 1.29 is 22.0 Å². The molecular formula is C29H24ClN3O5S. The first kappa shape index (κ1) is 25.2. The number of sulfonamides is 1. The molecule has 2 aromatic heterocycles. The summed E-state index contributed by atoms with van der Waals surface area (Å²) in [5.74, 6) is 0.867. The largest absolute Gasteiger partial charge is 0.467 e. The van der Waals surface area contributed by atoms with E-state index in [1.54, 1.807) is 55.0 Å². The molecule has 10 heteroatoms. The highest BCUT2D eigenvalue weighted by molar-refractivity contribution is 7.92. The number of benzene rings is 2. The minimum absolute atomic E-state index is 0.0412. The van der Waals surface area contributed by atoms with Crippen LogP contribution in [0.15, 0.2) is 110 Å². The van der Waals surface area contributed by atoms with Crippen LogP contribution in [-0.2, 0) is 10.0 Å². The summed E-state index contributed by atoms with van der Waals surface area (Å²) in [5.41, 5.74) is 2.39. The van der Waals surface area contributed by atoms with E-state index in [4.69, 9.17) is 25.5 Å². The molecule has 39 heavy (non-hydrogen) atoms. The molecular weight excluding hydrogens is 538 g/mol. The number of fused-ring (bicyclic) bond motifs is 1. The molecule has 1 saturated carbocycles. The summed E-state index contributed by atoms with van der Waals surface area (Å²) in [6, 6.07) is 19.1. The topological polar surface area (TPSA) is 105 Å². The Balaban J connectivity index is 1.34. The lowest BCUT2D eigenvalue weighted by Crippen LogP contribution is -2.31. The molecule has 1 amide bonds. The van der Waals surface area contributed by atoms with Crippen LogP contribution in [0.2, 0.25) is 5.02 Å². The van der Waals surface area contributed by atoms with Gasteiger partial charge in [0.05, 0.1) is 23.1 Å². The number of hydrogen-bond donors (Lipinski definition) is 1. The van der Waals surface area contributed by atoms with Crippen LogP contribution in [0, 0.1) is 5.92 Å². The second kappa shape index (κ2) is 10.2. The van der Waals surface area contributed by atoms with Gasteiger partial charge in [-0.05, 0) is 97.6 Å². The number of anilines is 1. The number of rotatable bonds is 6. The lowest BCUT2D eigenvalue weighted by atomic mass is 9.79. The third-order valence-electron chi connectivity index (χ3n) is 6.89. The number of hydrogen-bond acceptors (Lipinski definition) is 6. The molecule has 198 valence electrons. The number of allylic oxidation sites excluding steroid dienone is 1. The van der Waals surface area contributed by atoms with Crippen molar-refractivity contribution in [3.63, 3.8) is 0 Å². The maximum absolute atomic E-state index is 13.9. The Morgan fingerprint density at radius 2 is 1.82 bits per heavy atom. The van der Waals surface area contributed by atoms with Gasteiger partial charge in [0.2, 0.25) is 0 Å². The first-order valence-corrected chi connectivity index (χ1v) is 14.3. The third-order valence-corrected chi connectivity index (χ3v) is 8.52. The maximum Gasteiger partial charge on any atom is 0.274 e. The summed E-state index contributed by atoms with van der Waals surface area (Å²) in [5, 5.41) is 6.73. The molecule has 0 bridgehead atoms. The lowest BCUT2D eigenvalue weighted by molar-refractivity contribution is 0.0656. The van der Waals surface area contributed by atoms with Crippen LogP contribution in [0.3, 0.4) is 0 Å². The summed E-state index contributed by atoms with van der Waals surface area (Å²) in [6.45, 7) is 0. The first-order valence-electron chi connectivity index (χ1n) is 12.5. The molecule has 2 atom stereocenters. The third kappa shape index (κ3) is 5.03. The van der Waals surface area contributed by atoms with Gasteiger partial charge in [-0.2, -0.15) is 5.10 Å². The van der Waals surface area contributed by atoms with Gasteiger partial charge in [0, 0.05) is 22.2 Å². The molecule has 1 N–H and O–H groups in total. The molecule has 3 heterocycles. The summed E-state index contributed by atoms with van der Waals surface area (Å²) in [7, 11) is -3.96. The van der Waals surface area contributed by atoms with E-state index in [2.05, 4.69) is 4.72 Å². The van der Waals surface area contributed by atoms with Crippen LogP contribution < -0.4 is 4.72 Å². The Labute approximate surface area is 230 Å². The SMILES string of the molecule is O=C(c1cccc(S(=O)(=O)Nc2ccc(Cl)cc2)c1)N1N=C2/C(=C/c3ccco3)CCC[C@@H]2[C@H]1c1ccco1. The van der Waals surface area contributed by atoms with Gasteiger partial charge in [-0.25, -0.2) is 13.4 Å². The summed E-state index contributed by atoms with van der Waals surface area (Å²) in [6.07, 6.45) is 7.74. The maximum atomic E-state index is 13.9. The monoisotopic (exact) mass is 561 g/mol. The molecule has 4 aromatic rings. The fraction of sp³-hybridized carbons (Fsp3) is 0.172. The average Bonchev–Trinajstić information content (AvgIpc) is 3.71. The van der Waals surface area contributed by atoms with Crippen LogP contribution in [0.4, 0.5) is 5.69 Å². The zero-order valence-electron chi connectivity index (χ0n) is 20.7. The number of hydrazone groups is 1. The number of nitrogens with zero attached hydrogens (tertiary/aromatic N) is 2. The normalized spacial score (nSPS) is 20.1. The quantitative estimate of drug-likeness (QED) is 0.280. The molecule has 0 spiro atoms. The van der Waals surface area contributed by atoms with Gasteiger partial charge >= 0.3 is 0 Å². The van der Waals surface area contributed by atoms with Gasteiger partial charge < -0.3 is 8.83 Å². The van der Waals surface area contributed by atoms with E-state index in [1.165, 1.54) is 17.1 Å². The van der Waals surface area contributed by atoms with E-state index < -0.39 is 22.0 Å². The van der Waals surface area contributed by atoms with Crippen molar-refractivity contribution in [1.82, 2.24) is 5.01 Å². The number of halogens is 1. The van der Waals surface area contributed by atoms with E-state index in [-0.39, 0.29) is 16.4 Å². The molecule has 8 nitrogen and oxygen atoms in total. The van der Waals surface area contributed by atoms with E-state index in [0.29, 0.717) is 16.5 Å². The number of nitrogens with one attached hydrogen (secondary N) is 1. The van der Waals surface area contributed by atoms with Gasteiger partial charge in [-0.15, -0.1) is 0 Å². The molecule has 1 fully saturated rings. The molecule has 1 aliphatic heterocycles. The highest BCUT2D eigenvalue weighted by Crippen LogP contribution is 2.45. The van der Waals surface area contributed by atoms with Crippen molar-refractivity contribution in [2.24, 2.45) is 11.0 Å². The van der Waals surface area contributed by atoms with Crippen LogP contribution in [0.25, 0.3) is 6.08 Å². The van der Waals surface area contributed by atoms with Crippen LogP contribution in [0.1, 0.15) is 47.2 Å². The van der Waals surface area contributed by atoms with E-state index in [1.807, 2.05) is 24.3 Å². The van der Waals surface area contributed by atoms with Crippen LogP contribution in [0.5, 0.6) is 0 Å². The lowest BCUT2D eigenvalue weighted by Gasteiger charge is -2.27. The predicted molar refractivity (Wildman–Crippen MR) is 148 cm³/mol. The number of amides is 1. The van der Waals surface area contributed by atoms with Gasteiger partial charge in [-0.1, -0.05) is 17.7 Å². The Bertz CT molecular complexity index is 1660. The van der Waals surface area contributed by atoms with Gasteiger partial charge in [0.15, 0.2) is 0 Å². The highest BCUT2D eigenvalue weighted by atomic mass is 35.5. The first-order chi connectivity index (χ1) is 18.9. The molecule has 0 radical (unpaired) electrons. The standard InChI is InChI=1S/C29H24ClN3O5S/c30-21-11-13-22(14-12-21)32-39(35,36)24-8-1-6-20(18-24)29(34)33-28(26-10-4-16-38-26)25-9-2-5-19(27(25)31-33)17-23-7-3-15-37-23/h1,3-4,6-8,10-18,25,28,32H,2,5,9H2/b19-17+/t25-,28-/m0/s1. The summed E-state index contributed by atoms with van der Waals surface area (Å²) >= 11 is 5.91. The van der Waals surface area contributed by atoms with Crippen LogP contribution >= 0.6 is 11.6 Å². The van der Waals surface area contributed by atoms with E-state index >= 15 is 0 Å². The van der Waals surface area contributed by atoms with Gasteiger partial charge in [0.25, 0.3) is 15.9 Å². The number of carbonyl (C=O) groups is 1. The van der Waals surface area contributed by atoms with Crippen molar-refractivity contribution >= 4 is 45.0 Å². The fourth-order valence-electron chi connectivity index (χ4n) is 5.11.